The zero-order valence-corrected chi connectivity index (χ0v) is 13.4. The minimum atomic E-state index is -0.775. The Labute approximate surface area is 136 Å². The summed E-state index contributed by atoms with van der Waals surface area (Å²) in [6.07, 6.45) is 4.14. The van der Waals surface area contributed by atoms with E-state index in [1.165, 1.54) is 0 Å². The molecule has 0 aliphatic carbocycles. The highest BCUT2D eigenvalue weighted by Gasteiger charge is 2.41. The number of carboxylic acids is 1. The Balaban J connectivity index is 1.52. The van der Waals surface area contributed by atoms with Crippen molar-refractivity contribution in [3.05, 3.63) is 0 Å². The van der Waals surface area contributed by atoms with Crippen LogP contribution in [0.1, 0.15) is 32.1 Å². The molecule has 0 saturated carbocycles. The van der Waals surface area contributed by atoms with E-state index < -0.39 is 12.0 Å². The van der Waals surface area contributed by atoms with Crippen LogP contribution >= 0.6 is 0 Å². The van der Waals surface area contributed by atoms with E-state index >= 15 is 0 Å². The number of nitrogens with one attached hydrogen (secondary N) is 1. The molecule has 0 spiro atoms. The van der Waals surface area contributed by atoms with Gasteiger partial charge in [-0.2, -0.15) is 0 Å². The fourth-order valence-corrected chi connectivity index (χ4v) is 3.92. The lowest BCUT2D eigenvalue weighted by Crippen LogP contribution is -2.45. The Morgan fingerprint density at radius 1 is 1.26 bits per heavy atom. The zero-order valence-electron chi connectivity index (χ0n) is 13.4. The van der Waals surface area contributed by atoms with Crippen LogP contribution in [0.5, 0.6) is 0 Å². The summed E-state index contributed by atoms with van der Waals surface area (Å²) in [5.74, 6) is -0.869. The molecule has 3 aliphatic heterocycles. The average Bonchev–Trinajstić information content (AvgIpc) is 3.23. The lowest BCUT2D eigenvalue weighted by Gasteiger charge is -2.33. The van der Waals surface area contributed by atoms with E-state index in [2.05, 4.69) is 10.2 Å². The Morgan fingerprint density at radius 2 is 2.04 bits per heavy atom. The van der Waals surface area contributed by atoms with Gasteiger partial charge in [-0.25, -0.2) is 0 Å². The second-order valence-corrected chi connectivity index (χ2v) is 6.78. The van der Waals surface area contributed by atoms with Crippen LogP contribution in [-0.4, -0.2) is 73.0 Å². The number of aliphatic carboxylic acids is 1. The first-order valence-electron chi connectivity index (χ1n) is 8.61. The molecule has 0 aromatic heterocycles. The number of nitrogens with zero attached hydrogens (tertiary/aromatic N) is 1. The molecule has 3 unspecified atom stereocenters. The fourth-order valence-electron chi connectivity index (χ4n) is 3.92. The minimum absolute atomic E-state index is 0.101. The van der Waals surface area contributed by atoms with Gasteiger partial charge in [0.1, 0.15) is 12.1 Å². The Morgan fingerprint density at radius 3 is 2.70 bits per heavy atom. The van der Waals surface area contributed by atoms with Crippen molar-refractivity contribution in [2.24, 2.45) is 5.92 Å². The molecule has 0 aromatic rings. The number of likely N-dealkylation sites (tertiary alicyclic amines) is 1. The fraction of sp³-hybridized carbons (Fsp3) is 0.875. The van der Waals surface area contributed by atoms with Gasteiger partial charge in [-0.15, -0.1) is 0 Å². The molecule has 7 nitrogen and oxygen atoms in total. The molecular formula is C16H26N2O5. The highest BCUT2D eigenvalue weighted by molar-refractivity contribution is 5.76. The predicted octanol–water partition coefficient (Wildman–Crippen LogP) is 0.236. The summed E-state index contributed by atoms with van der Waals surface area (Å²) in [6, 6.07) is -0.383. The molecule has 3 saturated heterocycles. The Hall–Kier alpha value is -1.18. The van der Waals surface area contributed by atoms with E-state index in [1.54, 1.807) is 0 Å². The number of hydrogen-bond acceptors (Lipinski definition) is 6. The third-order valence-corrected chi connectivity index (χ3v) is 5.18. The molecule has 2 N–H and O–H groups in total. The first-order chi connectivity index (χ1) is 11.1. The normalized spacial score (nSPS) is 33.0. The van der Waals surface area contributed by atoms with Crippen LogP contribution in [0.2, 0.25) is 0 Å². The van der Waals surface area contributed by atoms with E-state index in [9.17, 15) is 14.7 Å². The monoisotopic (exact) mass is 326 g/mol. The molecule has 3 heterocycles. The largest absolute Gasteiger partial charge is 0.480 e. The summed E-state index contributed by atoms with van der Waals surface area (Å²) in [5, 5.41) is 12.6. The van der Waals surface area contributed by atoms with Crippen molar-refractivity contribution >= 4 is 11.9 Å². The molecule has 0 aromatic carbocycles. The van der Waals surface area contributed by atoms with E-state index in [0.29, 0.717) is 32.8 Å². The molecule has 0 amide bonds. The molecule has 3 fully saturated rings. The number of rotatable bonds is 5. The summed E-state index contributed by atoms with van der Waals surface area (Å²) >= 11 is 0. The quantitative estimate of drug-likeness (QED) is 0.700. The zero-order chi connectivity index (χ0) is 16.2. The van der Waals surface area contributed by atoms with E-state index in [4.69, 9.17) is 9.47 Å². The van der Waals surface area contributed by atoms with Crippen LogP contribution in [-0.2, 0) is 19.1 Å². The van der Waals surface area contributed by atoms with Gasteiger partial charge in [0.2, 0.25) is 0 Å². The van der Waals surface area contributed by atoms with Crippen LogP contribution in [0.4, 0.5) is 0 Å². The van der Waals surface area contributed by atoms with Gasteiger partial charge in [0.05, 0.1) is 6.61 Å². The number of ether oxygens (including phenoxy) is 2. The second kappa shape index (κ2) is 7.59. The Kier molecular flexibility index (Phi) is 5.50. The molecule has 0 radical (unpaired) electrons. The highest BCUT2D eigenvalue weighted by atomic mass is 16.5. The van der Waals surface area contributed by atoms with Crippen LogP contribution in [0.3, 0.4) is 0 Å². The van der Waals surface area contributed by atoms with Crippen molar-refractivity contribution in [2.75, 3.05) is 32.9 Å². The van der Waals surface area contributed by atoms with Gasteiger partial charge in [-0.05, 0) is 38.6 Å². The van der Waals surface area contributed by atoms with Crippen LogP contribution in [0.15, 0.2) is 0 Å². The number of carbonyl (C=O) groups excluding carboxylic acids is 1. The van der Waals surface area contributed by atoms with Gasteiger partial charge in [0, 0.05) is 31.7 Å². The lowest BCUT2D eigenvalue weighted by atomic mass is 10.1. The molecule has 3 aliphatic rings. The smallest absolute Gasteiger partial charge is 0.323 e. The number of carbonyl (C=O) groups is 2. The van der Waals surface area contributed by atoms with E-state index in [-0.39, 0.29) is 24.0 Å². The van der Waals surface area contributed by atoms with Gasteiger partial charge >= 0.3 is 11.9 Å². The minimum Gasteiger partial charge on any atom is -0.480 e. The topological polar surface area (TPSA) is 88.1 Å². The molecule has 23 heavy (non-hydrogen) atoms. The molecule has 0 bridgehead atoms. The van der Waals surface area contributed by atoms with Gasteiger partial charge in [-0.1, -0.05) is 0 Å². The number of hydrogen-bond donors (Lipinski definition) is 2. The Bertz CT molecular complexity index is 432. The molecule has 130 valence electrons. The lowest BCUT2D eigenvalue weighted by molar-refractivity contribution is -0.147. The summed E-state index contributed by atoms with van der Waals surface area (Å²) in [6.45, 7) is 3.26. The molecule has 7 heteroatoms. The van der Waals surface area contributed by atoms with Crippen molar-refractivity contribution in [2.45, 2.75) is 50.2 Å². The van der Waals surface area contributed by atoms with Gasteiger partial charge in [0.25, 0.3) is 0 Å². The standard InChI is InChI=1S/C16H26N2O5/c19-15(20)14-8-11(9-18(14)12-3-6-22-7-4-12)10-23-16(21)13-2-1-5-17-13/h11-14,17H,1-10H2,(H,19,20). The van der Waals surface area contributed by atoms with Crippen molar-refractivity contribution in [1.82, 2.24) is 10.2 Å². The van der Waals surface area contributed by atoms with Crippen LogP contribution in [0.25, 0.3) is 0 Å². The van der Waals surface area contributed by atoms with Crippen molar-refractivity contribution in [3.8, 4) is 0 Å². The van der Waals surface area contributed by atoms with Gasteiger partial charge < -0.3 is 19.9 Å². The number of carboxylic acid groups (broad SMARTS) is 1. The third-order valence-electron chi connectivity index (χ3n) is 5.18. The first kappa shape index (κ1) is 16.7. The maximum absolute atomic E-state index is 12.0. The van der Waals surface area contributed by atoms with E-state index in [1.807, 2.05) is 0 Å². The maximum atomic E-state index is 12.0. The van der Waals surface area contributed by atoms with E-state index in [0.717, 1.165) is 32.2 Å². The number of esters is 1. The molecule has 3 atom stereocenters. The summed E-state index contributed by atoms with van der Waals surface area (Å²) in [4.78, 5) is 25.6. The molecular weight excluding hydrogens is 300 g/mol. The average molecular weight is 326 g/mol. The molecule has 3 rings (SSSR count). The van der Waals surface area contributed by atoms with Gasteiger partial charge in [-0.3, -0.25) is 14.5 Å². The second-order valence-electron chi connectivity index (χ2n) is 6.78. The summed E-state index contributed by atoms with van der Waals surface area (Å²) < 4.78 is 10.8. The van der Waals surface area contributed by atoms with Gasteiger partial charge in [0.15, 0.2) is 0 Å². The van der Waals surface area contributed by atoms with Crippen molar-refractivity contribution in [1.29, 1.82) is 0 Å². The highest BCUT2D eigenvalue weighted by Crippen LogP contribution is 2.29. The van der Waals surface area contributed by atoms with Crippen molar-refractivity contribution < 1.29 is 24.2 Å². The van der Waals surface area contributed by atoms with Crippen LogP contribution < -0.4 is 5.32 Å². The van der Waals surface area contributed by atoms with Crippen molar-refractivity contribution in [3.63, 3.8) is 0 Å². The summed E-state index contributed by atoms with van der Waals surface area (Å²) in [5.41, 5.74) is 0. The summed E-state index contributed by atoms with van der Waals surface area (Å²) in [7, 11) is 0. The SMILES string of the molecule is O=C(OCC1CC(C(=O)O)N(C2CCOCC2)C1)C1CCCN1. The van der Waals surface area contributed by atoms with Crippen LogP contribution in [0, 0.1) is 5.92 Å². The third kappa shape index (κ3) is 4.02. The first-order valence-corrected chi connectivity index (χ1v) is 8.61. The predicted molar refractivity (Wildman–Crippen MR) is 82.1 cm³/mol. The maximum Gasteiger partial charge on any atom is 0.323 e.